The number of aliphatic hydroxyl groups excluding tert-OH is 2. The first-order valence-corrected chi connectivity index (χ1v) is 14.4. The molecular weight excluding hydrogens is 518 g/mol. The van der Waals surface area contributed by atoms with Crippen LogP contribution in [0.5, 0.6) is 5.75 Å². The maximum atomic E-state index is 13.7. The van der Waals surface area contributed by atoms with Gasteiger partial charge < -0.3 is 25.6 Å². The predicted molar refractivity (Wildman–Crippen MR) is 141 cm³/mol. The highest BCUT2D eigenvalue weighted by atomic mass is 32.2. The Morgan fingerprint density at radius 3 is 2.29 bits per heavy atom. The van der Waals surface area contributed by atoms with Gasteiger partial charge in [0.05, 0.1) is 30.8 Å². The summed E-state index contributed by atoms with van der Waals surface area (Å²) in [4.78, 5) is 12.7. The highest BCUT2D eigenvalue weighted by Crippen LogP contribution is 2.14. The maximum Gasteiger partial charge on any atom is 0.249 e. The summed E-state index contributed by atoms with van der Waals surface area (Å²) in [5.41, 5.74) is 1.09. The Hall–Kier alpha value is -2.60. The molecule has 0 aromatic heterocycles. The molecule has 38 heavy (non-hydrogen) atoms. The van der Waals surface area contributed by atoms with Crippen molar-refractivity contribution in [3.05, 3.63) is 65.2 Å². The van der Waals surface area contributed by atoms with Crippen LogP contribution in [0.3, 0.4) is 0 Å². The Balaban J connectivity index is 2.04. The lowest BCUT2D eigenvalue weighted by Gasteiger charge is -2.26. The highest BCUT2D eigenvalue weighted by Gasteiger charge is 2.26. The predicted octanol–water partition coefficient (Wildman–Crippen LogP) is 2.36. The topological polar surface area (TPSA) is 125 Å². The summed E-state index contributed by atoms with van der Waals surface area (Å²) in [7, 11) is -1.89. The summed E-state index contributed by atoms with van der Waals surface area (Å²) >= 11 is 0. The van der Waals surface area contributed by atoms with Gasteiger partial charge in [0.15, 0.2) is 0 Å². The SMILES string of the molecule is COc1cccc(CNC[C@@H](O)[C@H](Cc2cc(F)cc(F)c2)NC(=O)C(O)CCS(=O)(=O)CCC(C)C)c1. The van der Waals surface area contributed by atoms with Crippen LogP contribution in [0.1, 0.15) is 37.8 Å². The van der Waals surface area contributed by atoms with Gasteiger partial charge in [-0.1, -0.05) is 26.0 Å². The molecule has 0 spiro atoms. The number of hydrogen-bond acceptors (Lipinski definition) is 7. The summed E-state index contributed by atoms with van der Waals surface area (Å²) < 4.78 is 57.1. The van der Waals surface area contributed by atoms with Crippen molar-refractivity contribution < 1.29 is 36.9 Å². The number of sulfone groups is 1. The van der Waals surface area contributed by atoms with Crippen molar-refractivity contribution in [2.75, 3.05) is 25.2 Å². The summed E-state index contributed by atoms with van der Waals surface area (Å²) in [6, 6.07) is 9.18. The van der Waals surface area contributed by atoms with E-state index in [-0.39, 0.29) is 42.4 Å². The fourth-order valence-corrected chi connectivity index (χ4v) is 5.39. The summed E-state index contributed by atoms with van der Waals surface area (Å²) in [6.45, 7) is 4.19. The van der Waals surface area contributed by atoms with Crippen LogP contribution in [0, 0.1) is 17.6 Å². The zero-order chi connectivity index (χ0) is 28.3. The first-order valence-electron chi connectivity index (χ1n) is 12.5. The first-order chi connectivity index (χ1) is 17.9. The molecule has 0 fully saturated rings. The number of hydrogen-bond donors (Lipinski definition) is 4. The molecule has 8 nitrogen and oxygen atoms in total. The van der Waals surface area contributed by atoms with Crippen molar-refractivity contribution in [1.29, 1.82) is 0 Å². The van der Waals surface area contributed by atoms with Crippen LogP contribution in [0.2, 0.25) is 0 Å². The van der Waals surface area contributed by atoms with E-state index in [1.54, 1.807) is 13.2 Å². The summed E-state index contributed by atoms with van der Waals surface area (Å²) in [6.07, 6.45) is -2.78. The van der Waals surface area contributed by atoms with Gasteiger partial charge in [-0.15, -0.1) is 0 Å². The zero-order valence-corrected chi connectivity index (χ0v) is 22.8. The summed E-state index contributed by atoms with van der Waals surface area (Å²) in [5, 5.41) is 26.7. The average Bonchev–Trinajstić information content (AvgIpc) is 2.85. The van der Waals surface area contributed by atoms with Gasteiger partial charge in [0.1, 0.15) is 33.3 Å². The molecular formula is C27H38F2N2O6S. The van der Waals surface area contributed by atoms with Crippen LogP contribution in [0.25, 0.3) is 0 Å². The molecule has 0 aliphatic rings. The van der Waals surface area contributed by atoms with E-state index in [9.17, 15) is 32.2 Å². The Bertz CT molecular complexity index is 1130. The minimum atomic E-state index is -3.44. The third kappa shape index (κ3) is 11.4. The zero-order valence-electron chi connectivity index (χ0n) is 22.0. The lowest BCUT2D eigenvalue weighted by Crippen LogP contribution is -2.51. The van der Waals surface area contributed by atoms with E-state index in [0.29, 0.717) is 24.8 Å². The van der Waals surface area contributed by atoms with Crippen molar-refractivity contribution in [2.24, 2.45) is 5.92 Å². The average molecular weight is 557 g/mol. The number of amides is 1. The third-order valence-electron chi connectivity index (χ3n) is 6.00. The highest BCUT2D eigenvalue weighted by molar-refractivity contribution is 7.91. The minimum absolute atomic E-state index is 0.0135. The quantitative estimate of drug-likeness (QED) is 0.250. The van der Waals surface area contributed by atoms with Crippen LogP contribution < -0.4 is 15.4 Å². The molecule has 0 aliphatic heterocycles. The number of carbonyl (C=O) groups excluding carboxylic acids is 1. The molecule has 0 bridgehead atoms. The number of benzene rings is 2. The number of ether oxygens (including phenoxy) is 1. The molecule has 2 aromatic carbocycles. The monoisotopic (exact) mass is 556 g/mol. The van der Waals surface area contributed by atoms with Crippen LogP contribution >= 0.6 is 0 Å². The van der Waals surface area contributed by atoms with Gasteiger partial charge in [0.25, 0.3) is 0 Å². The summed E-state index contributed by atoms with van der Waals surface area (Å²) in [5.74, 6) is -2.01. The van der Waals surface area contributed by atoms with Gasteiger partial charge in [-0.2, -0.15) is 0 Å². The molecule has 11 heteroatoms. The number of nitrogens with one attached hydrogen (secondary N) is 2. The lowest BCUT2D eigenvalue weighted by molar-refractivity contribution is -0.131. The molecule has 0 aliphatic carbocycles. The van der Waals surface area contributed by atoms with E-state index in [0.717, 1.165) is 17.7 Å². The molecule has 0 heterocycles. The van der Waals surface area contributed by atoms with Gasteiger partial charge in [-0.25, -0.2) is 17.2 Å². The lowest BCUT2D eigenvalue weighted by atomic mass is 10.00. The van der Waals surface area contributed by atoms with Crippen molar-refractivity contribution in [3.63, 3.8) is 0 Å². The second-order valence-corrected chi connectivity index (χ2v) is 12.1. The largest absolute Gasteiger partial charge is 0.497 e. The Morgan fingerprint density at radius 1 is 1.00 bits per heavy atom. The second kappa shape index (κ2) is 15.1. The molecule has 212 valence electrons. The fraction of sp³-hybridized carbons (Fsp3) is 0.519. The van der Waals surface area contributed by atoms with Crippen LogP contribution in [-0.2, 0) is 27.6 Å². The van der Waals surface area contributed by atoms with Crippen molar-refractivity contribution in [1.82, 2.24) is 10.6 Å². The second-order valence-electron chi connectivity index (χ2n) is 9.79. The van der Waals surface area contributed by atoms with Gasteiger partial charge in [0.2, 0.25) is 5.91 Å². The van der Waals surface area contributed by atoms with Crippen molar-refractivity contribution in [2.45, 2.75) is 57.9 Å². The maximum absolute atomic E-state index is 13.7. The van der Waals surface area contributed by atoms with E-state index in [1.165, 1.54) is 0 Å². The van der Waals surface area contributed by atoms with Crippen LogP contribution in [0.15, 0.2) is 42.5 Å². The number of halogens is 2. The molecule has 3 atom stereocenters. The number of methoxy groups -OCH3 is 1. The first kappa shape index (κ1) is 31.6. The van der Waals surface area contributed by atoms with Crippen molar-refractivity contribution >= 4 is 15.7 Å². The van der Waals surface area contributed by atoms with E-state index in [2.05, 4.69) is 10.6 Å². The molecule has 1 amide bonds. The molecule has 2 rings (SSSR count). The van der Waals surface area contributed by atoms with Gasteiger partial charge in [-0.3, -0.25) is 4.79 Å². The molecule has 1 unspecified atom stereocenters. The van der Waals surface area contributed by atoms with Crippen LogP contribution in [0.4, 0.5) is 8.78 Å². The van der Waals surface area contributed by atoms with Crippen LogP contribution in [-0.4, -0.2) is 67.9 Å². The molecule has 0 saturated heterocycles. The number of aliphatic hydroxyl groups is 2. The molecule has 2 aromatic rings. The van der Waals surface area contributed by atoms with E-state index in [1.807, 2.05) is 32.0 Å². The normalized spacial score (nSPS) is 14.2. The third-order valence-corrected chi connectivity index (χ3v) is 7.71. The molecule has 4 N–H and O–H groups in total. The van der Waals surface area contributed by atoms with E-state index in [4.69, 9.17) is 4.74 Å². The fourth-order valence-electron chi connectivity index (χ4n) is 3.77. The molecule has 0 radical (unpaired) electrons. The van der Waals surface area contributed by atoms with Crippen molar-refractivity contribution in [3.8, 4) is 5.75 Å². The van der Waals surface area contributed by atoms with Gasteiger partial charge >= 0.3 is 0 Å². The van der Waals surface area contributed by atoms with Gasteiger partial charge in [0, 0.05) is 19.2 Å². The Kier molecular flexibility index (Phi) is 12.6. The smallest absolute Gasteiger partial charge is 0.249 e. The minimum Gasteiger partial charge on any atom is -0.497 e. The number of rotatable bonds is 16. The Morgan fingerprint density at radius 2 is 1.66 bits per heavy atom. The van der Waals surface area contributed by atoms with E-state index >= 15 is 0 Å². The number of carbonyl (C=O) groups is 1. The Labute approximate surface area is 223 Å². The van der Waals surface area contributed by atoms with E-state index < -0.39 is 45.6 Å². The molecule has 0 saturated carbocycles. The van der Waals surface area contributed by atoms with Gasteiger partial charge in [-0.05, 0) is 60.6 Å². The standard InChI is InChI=1S/C27H38F2N2O6S/c1-18(2)7-9-38(35,36)10-8-25(32)27(34)31-24(14-20-11-21(28)15-22(29)12-20)26(33)17-30-16-19-5-4-6-23(13-19)37-3/h4-6,11-13,15,18,24-26,30,32-33H,7-10,14,16-17H2,1-3H3,(H,31,34)/t24-,25?,26+/m0/s1.